The van der Waals surface area contributed by atoms with Gasteiger partial charge in [-0.15, -0.1) is 6.58 Å². The van der Waals surface area contributed by atoms with Crippen molar-refractivity contribution < 1.29 is 4.79 Å². The summed E-state index contributed by atoms with van der Waals surface area (Å²) in [7, 11) is 0. The van der Waals surface area contributed by atoms with E-state index in [0.717, 1.165) is 21.8 Å². The fourth-order valence-electron chi connectivity index (χ4n) is 1.74. The predicted octanol–water partition coefficient (Wildman–Crippen LogP) is 4.00. The lowest BCUT2D eigenvalue weighted by atomic mass is 10.2. The molecule has 0 saturated heterocycles. The quantitative estimate of drug-likeness (QED) is 0.745. The second-order valence-electron chi connectivity index (χ2n) is 4.10. The van der Waals surface area contributed by atoms with E-state index in [2.05, 4.69) is 38.4 Å². The second kappa shape index (κ2) is 5.36. The van der Waals surface area contributed by atoms with Crippen LogP contribution in [0.2, 0.25) is 0 Å². The van der Waals surface area contributed by atoms with Crippen LogP contribution in [0.15, 0.2) is 39.8 Å². The lowest BCUT2D eigenvalue weighted by Gasteiger charge is -2.21. The Kier molecular flexibility index (Phi) is 4.05. The summed E-state index contributed by atoms with van der Waals surface area (Å²) in [5.41, 5.74) is 0.710. The molecule has 1 saturated carbocycles. The Morgan fingerprint density at radius 3 is 2.71 bits per heavy atom. The summed E-state index contributed by atoms with van der Waals surface area (Å²) in [6.45, 7) is 4.33. The van der Waals surface area contributed by atoms with Crippen LogP contribution in [-0.2, 0) is 0 Å². The summed E-state index contributed by atoms with van der Waals surface area (Å²) in [4.78, 5) is 14.3. The van der Waals surface area contributed by atoms with E-state index in [0.29, 0.717) is 18.2 Å². The van der Waals surface area contributed by atoms with E-state index in [1.54, 1.807) is 6.08 Å². The normalized spacial score (nSPS) is 14.5. The average Bonchev–Trinajstić information content (AvgIpc) is 3.09. The van der Waals surface area contributed by atoms with Crippen molar-refractivity contribution in [3.05, 3.63) is 45.4 Å². The Balaban J connectivity index is 2.24. The van der Waals surface area contributed by atoms with Gasteiger partial charge in [0.2, 0.25) is 0 Å². The SMILES string of the molecule is C=CCN(C(=O)c1ccc(Br)cc1Br)C1CC1. The molecule has 0 aromatic heterocycles. The molecule has 17 heavy (non-hydrogen) atoms. The topological polar surface area (TPSA) is 20.3 Å². The van der Waals surface area contributed by atoms with Crippen molar-refractivity contribution in [3.8, 4) is 0 Å². The summed E-state index contributed by atoms with van der Waals surface area (Å²) in [5, 5.41) is 0. The molecule has 0 unspecified atom stereocenters. The Hall–Kier alpha value is -0.610. The van der Waals surface area contributed by atoms with E-state index < -0.39 is 0 Å². The first-order valence-electron chi connectivity index (χ1n) is 5.50. The van der Waals surface area contributed by atoms with Crippen molar-refractivity contribution in [2.24, 2.45) is 0 Å². The third-order valence-corrected chi connectivity index (χ3v) is 3.89. The van der Waals surface area contributed by atoms with Crippen molar-refractivity contribution in [3.63, 3.8) is 0 Å². The molecule has 1 amide bonds. The molecule has 2 rings (SSSR count). The zero-order valence-electron chi connectivity index (χ0n) is 9.33. The fraction of sp³-hybridized carbons (Fsp3) is 0.308. The van der Waals surface area contributed by atoms with Crippen LogP contribution in [0.5, 0.6) is 0 Å². The Labute approximate surface area is 118 Å². The van der Waals surface area contributed by atoms with Gasteiger partial charge in [-0.05, 0) is 47.0 Å². The van der Waals surface area contributed by atoms with Crippen LogP contribution in [0.3, 0.4) is 0 Å². The molecule has 1 aliphatic rings. The van der Waals surface area contributed by atoms with Crippen LogP contribution in [0.1, 0.15) is 23.2 Å². The number of carbonyl (C=O) groups is 1. The first kappa shape index (κ1) is 12.8. The van der Waals surface area contributed by atoms with Crippen molar-refractivity contribution in [2.75, 3.05) is 6.54 Å². The molecule has 1 fully saturated rings. The highest BCUT2D eigenvalue weighted by Crippen LogP contribution is 2.30. The lowest BCUT2D eigenvalue weighted by Crippen LogP contribution is -2.33. The number of nitrogens with zero attached hydrogens (tertiary/aromatic N) is 1. The second-order valence-corrected chi connectivity index (χ2v) is 5.87. The molecule has 0 spiro atoms. The summed E-state index contributed by atoms with van der Waals surface area (Å²) in [6, 6.07) is 6.02. The summed E-state index contributed by atoms with van der Waals surface area (Å²) in [6.07, 6.45) is 3.99. The molecular weight excluding hydrogens is 346 g/mol. The predicted molar refractivity (Wildman–Crippen MR) is 76.1 cm³/mol. The molecule has 0 aliphatic heterocycles. The number of amides is 1. The molecule has 1 aromatic carbocycles. The molecule has 0 bridgehead atoms. The number of hydrogen-bond donors (Lipinski definition) is 0. The highest BCUT2D eigenvalue weighted by atomic mass is 79.9. The van der Waals surface area contributed by atoms with Gasteiger partial charge in [0.15, 0.2) is 0 Å². The van der Waals surface area contributed by atoms with E-state index in [9.17, 15) is 4.79 Å². The standard InChI is InChI=1S/C13H13Br2NO/c1-2-7-16(10-4-5-10)13(17)11-6-3-9(14)8-12(11)15/h2-3,6,8,10H,1,4-5,7H2. The monoisotopic (exact) mass is 357 g/mol. The Bertz CT molecular complexity index is 455. The molecule has 0 atom stereocenters. The van der Waals surface area contributed by atoms with Gasteiger partial charge in [0, 0.05) is 21.5 Å². The van der Waals surface area contributed by atoms with Gasteiger partial charge in [0.25, 0.3) is 5.91 Å². The van der Waals surface area contributed by atoms with Crippen molar-refractivity contribution in [1.29, 1.82) is 0 Å². The maximum atomic E-state index is 12.4. The van der Waals surface area contributed by atoms with Crippen LogP contribution in [0.25, 0.3) is 0 Å². The maximum absolute atomic E-state index is 12.4. The Morgan fingerprint density at radius 1 is 1.47 bits per heavy atom. The van der Waals surface area contributed by atoms with Crippen molar-refractivity contribution in [1.82, 2.24) is 4.90 Å². The van der Waals surface area contributed by atoms with Crippen LogP contribution in [-0.4, -0.2) is 23.4 Å². The number of rotatable bonds is 4. The van der Waals surface area contributed by atoms with Gasteiger partial charge in [-0.2, -0.15) is 0 Å². The molecule has 4 heteroatoms. The zero-order chi connectivity index (χ0) is 12.4. The number of benzene rings is 1. The van der Waals surface area contributed by atoms with Crippen LogP contribution in [0.4, 0.5) is 0 Å². The minimum atomic E-state index is 0.0757. The van der Waals surface area contributed by atoms with Gasteiger partial charge in [0.05, 0.1) is 5.56 Å². The fourth-order valence-corrected chi connectivity index (χ4v) is 2.96. The highest BCUT2D eigenvalue weighted by molar-refractivity contribution is 9.11. The van der Waals surface area contributed by atoms with Gasteiger partial charge < -0.3 is 4.90 Å². The van der Waals surface area contributed by atoms with Crippen LogP contribution in [0, 0.1) is 0 Å². The van der Waals surface area contributed by atoms with Gasteiger partial charge in [-0.1, -0.05) is 22.0 Å². The smallest absolute Gasteiger partial charge is 0.255 e. The summed E-state index contributed by atoms with van der Waals surface area (Å²) >= 11 is 6.82. The highest BCUT2D eigenvalue weighted by Gasteiger charge is 2.32. The van der Waals surface area contributed by atoms with E-state index in [4.69, 9.17) is 0 Å². The minimum Gasteiger partial charge on any atom is -0.332 e. The van der Waals surface area contributed by atoms with E-state index in [-0.39, 0.29) is 5.91 Å². The molecule has 90 valence electrons. The Morgan fingerprint density at radius 2 is 2.18 bits per heavy atom. The third-order valence-electron chi connectivity index (χ3n) is 2.74. The first-order chi connectivity index (χ1) is 8.13. The van der Waals surface area contributed by atoms with Gasteiger partial charge >= 0.3 is 0 Å². The molecular formula is C13H13Br2NO. The van der Waals surface area contributed by atoms with Crippen molar-refractivity contribution in [2.45, 2.75) is 18.9 Å². The van der Waals surface area contributed by atoms with Crippen molar-refractivity contribution >= 4 is 37.8 Å². The molecule has 1 aromatic rings. The average molecular weight is 359 g/mol. The number of halogens is 2. The molecule has 0 radical (unpaired) electrons. The third kappa shape index (κ3) is 2.99. The number of hydrogen-bond acceptors (Lipinski definition) is 1. The van der Waals surface area contributed by atoms with Gasteiger partial charge in [-0.3, -0.25) is 4.79 Å². The van der Waals surface area contributed by atoms with E-state index in [1.807, 2.05) is 23.1 Å². The molecule has 2 nitrogen and oxygen atoms in total. The lowest BCUT2D eigenvalue weighted by molar-refractivity contribution is 0.0762. The molecule has 0 N–H and O–H groups in total. The molecule has 1 aliphatic carbocycles. The first-order valence-corrected chi connectivity index (χ1v) is 7.09. The van der Waals surface area contributed by atoms with Crippen LogP contribution < -0.4 is 0 Å². The zero-order valence-corrected chi connectivity index (χ0v) is 12.5. The maximum Gasteiger partial charge on any atom is 0.255 e. The molecule has 0 heterocycles. The van der Waals surface area contributed by atoms with E-state index in [1.165, 1.54) is 0 Å². The largest absolute Gasteiger partial charge is 0.332 e. The van der Waals surface area contributed by atoms with Gasteiger partial charge in [-0.25, -0.2) is 0 Å². The summed E-state index contributed by atoms with van der Waals surface area (Å²) < 4.78 is 1.79. The minimum absolute atomic E-state index is 0.0757. The van der Waals surface area contributed by atoms with Gasteiger partial charge in [0.1, 0.15) is 0 Å². The van der Waals surface area contributed by atoms with Crippen LogP contribution >= 0.6 is 31.9 Å². The van der Waals surface area contributed by atoms with E-state index >= 15 is 0 Å². The number of carbonyl (C=O) groups excluding carboxylic acids is 1. The summed E-state index contributed by atoms with van der Waals surface area (Å²) in [5.74, 6) is 0.0757.